The summed E-state index contributed by atoms with van der Waals surface area (Å²) in [4.78, 5) is 28.1. The van der Waals surface area contributed by atoms with Crippen molar-refractivity contribution >= 4 is 22.6 Å². The lowest BCUT2D eigenvalue weighted by atomic mass is 10.0. The number of pyridine rings is 1. The molecule has 0 aliphatic carbocycles. The molecule has 0 spiro atoms. The number of imidazole rings is 1. The topological polar surface area (TPSA) is 86.5 Å². The quantitative estimate of drug-likeness (QED) is 0.212. The van der Waals surface area contributed by atoms with E-state index in [1.165, 1.54) is 18.2 Å². The van der Waals surface area contributed by atoms with Crippen LogP contribution in [-0.4, -0.2) is 25.8 Å². The third kappa shape index (κ3) is 4.37. The molecule has 0 unspecified atom stereocenters. The Labute approximate surface area is 217 Å². The van der Waals surface area contributed by atoms with Gasteiger partial charge in [-0.1, -0.05) is 49.0 Å². The Kier molecular flexibility index (Phi) is 5.86. The number of rotatable bonds is 6. The molecule has 6 aromatic rings. The highest BCUT2D eigenvalue weighted by Gasteiger charge is 2.19. The van der Waals surface area contributed by atoms with Crippen LogP contribution in [0.3, 0.4) is 0 Å². The van der Waals surface area contributed by atoms with Crippen molar-refractivity contribution in [3.05, 3.63) is 116 Å². The molecule has 0 aliphatic heterocycles. The molecule has 184 valence electrons. The largest absolute Gasteiger partial charge is 0.339 e. The number of amides is 1. The summed E-state index contributed by atoms with van der Waals surface area (Å²) in [6.45, 7) is 3.51. The molecule has 0 saturated heterocycles. The lowest BCUT2D eigenvalue weighted by Gasteiger charge is -2.05. The molecule has 0 bridgehead atoms. The van der Waals surface area contributed by atoms with E-state index in [0.29, 0.717) is 22.9 Å². The zero-order valence-electron chi connectivity index (χ0n) is 20.2. The minimum atomic E-state index is -0.304. The van der Waals surface area contributed by atoms with Crippen molar-refractivity contribution in [1.29, 1.82) is 0 Å². The van der Waals surface area contributed by atoms with Gasteiger partial charge in [-0.2, -0.15) is 0 Å². The molecule has 3 aromatic carbocycles. The molecular formula is C31H22FN5O. The van der Waals surface area contributed by atoms with Crippen molar-refractivity contribution in [2.45, 2.75) is 0 Å². The van der Waals surface area contributed by atoms with Crippen LogP contribution in [0, 0.1) is 5.82 Å². The number of hydrogen-bond acceptors (Lipinski definition) is 3. The number of hydrogen-bond donors (Lipinski definition) is 3. The second kappa shape index (κ2) is 9.63. The first-order valence-electron chi connectivity index (χ1n) is 12.0. The second-order valence-corrected chi connectivity index (χ2v) is 8.76. The molecule has 0 fully saturated rings. The van der Waals surface area contributed by atoms with E-state index in [2.05, 4.69) is 26.8 Å². The number of carbonyl (C=O) groups is 1. The Hall–Kier alpha value is -5.30. The Morgan fingerprint density at radius 3 is 2.45 bits per heavy atom. The van der Waals surface area contributed by atoms with Gasteiger partial charge in [0.05, 0.1) is 11.4 Å². The van der Waals surface area contributed by atoms with E-state index in [9.17, 15) is 9.18 Å². The van der Waals surface area contributed by atoms with Gasteiger partial charge in [-0.15, -0.1) is 0 Å². The molecule has 0 radical (unpaired) electrons. The minimum absolute atomic E-state index is 0.274. The zero-order chi connectivity index (χ0) is 26.1. The van der Waals surface area contributed by atoms with Gasteiger partial charge in [-0.3, -0.25) is 4.79 Å². The maximum Gasteiger partial charge on any atom is 0.247 e. The van der Waals surface area contributed by atoms with Gasteiger partial charge in [-0.05, 0) is 54.6 Å². The fourth-order valence-electron chi connectivity index (χ4n) is 4.48. The summed E-state index contributed by atoms with van der Waals surface area (Å²) < 4.78 is 13.7. The SMILES string of the molecule is C=CC(=O)Nc1cccc(-c2cc3c(-c4[nH]c(-c5ccccc5)nc4-c4ccc(F)cc4)ccnc3[nH]2)c1. The summed E-state index contributed by atoms with van der Waals surface area (Å²) in [6.07, 6.45) is 2.98. The van der Waals surface area contributed by atoms with Gasteiger partial charge in [0, 0.05) is 45.2 Å². The molecule has 0 saturated carbocycles. The molecule has 7 heteroatoms. The average molecular weight is 500 g/mol. The summed E-state index contributed by atoms with van der Waals surface area (Å²) >= 11 is 0. The van der Waals surface area contributed by atoms with E-state index < -0.39 is 0 Å². The van der Waals surface area contributed by atoms with Crippen LogP contribution < -0.4 is 5.32 Å². The van der Waals surface area contributed by atoms with E-state index in [1.807, 2.05) is 66.7 Å². The number of fused-ring (bicyclic) bond motifs is 1. The molecular weight excluding hydrogens is 477 g/mol. The first-order valence-corrected chi connectivity index (χ1v) is 12.0. The average Bonchev–Trinajstić information content (AvgIpc) is 3.59. The standard InChI is InChI=1S/C31H22FN5O/c1-2-27(38)34-23-10-6-9-21(17-23)26-18-25-24(15-16-33-31(25)35-26)29-28(19-11-13-22(32)14-12-19)36-30(37-29)20-7-4-3-5-8-20/h2-18H,1H2,(H,33,35)(H,34,38)(H,36,37). The first-order chi connectivity index (χ1) is 18.6. The zero-order valence-corrected chi connectivity index (χ0v) is 20.2. The highest BCUT2D eigenvalue weighted by Crippen LogP contribution is 2.37. The van der Waals surface area contributed by atoms with Gasteiger partial charge in [0.2, 0.25) is 5.91 Å². The lowest BCUT2D eigenvalue weighted by Crippen LogP contribution is -2.06. The van der Waals surface area contributed by atoms with Crippen molar-refractivity contribution in [3.63, 3.8) is 0 Å². The van der Waals surface area contributed by atoms with Crippen LogP contribution >= 0.6 is 0 Å². The van der Waals surface area contributed by atoms with Crippen LogP contribution in [0.25, 0.3) is 56.2 Å². The number of nitrogens with zero attached hydrogens (tertiary/aromatic N) is 2. The number of aromatic amines is 2. The van der Waals surface area contributed by atoms with E-state index in [1.54, 1.807) is 18.3 Å². The molecule has 3 N–H and O–H groups in total. The molecule has 0 aliphatic rings. The smallest absolute Gasteiger partial charge is 0.247 e. The Morgan fingerprint density at radius 1 is 0.868 bits per heavy atom. The number of aromatic nitrogens is 4. The van der Waals surface area contributed by atoms with Crippen LogP contribution in [0.4, 0.5) is 10.1 Å². The summed E-state index contributed by atoms with van der Waals surface area (Å²) in [5.74, 6) is 0.137. The van der Waals surface area contributed by atoms with Gasteiger partial charge in [0.15, 0.2) is 0 Å². The maximum atomic E-state index is 13.7. The van der Waals surface area contributed by atoms with E-state index in [-0.39, 0.29) is 11.7 Å². The van der Waals surface area contributed by atoms with E-state index in [0.717, 1.165) is 39.0 Å². The van der Waals surface area contributed by atoms with Crippen molar-refractivity contribution in [2.24, 2.45) is 0 Å². The number of nitrogens with one attached hydrogen (secondary N) is 3. The molecule has 3 aromatic heterocycles. The molecule has 6 rings (SSSR count). The number of H-pyrrole nitrogens is 2. The Morgan fingerprint density at radius 2 is 1.66 bits per heavy atom. The van der Waals surface area contributed by atoms with Gasteiger partial charge in [0.25, 0.3) is 0 Å². The number of carbonyl (C=O) groups excluding carboxylic acids is 1. The first kappa shape index (κ1) is 23.1. The number of halogens is 1. The third-order valence-corrected chi connectivity index (χ3v) is 6.30. The summed E-state index contributed by atoms with van der Waals surface area (Å²) in [7, 11) is 0. The van der Waals surface area contributed by atoms with Gasteiger partial charge in [0.1, 0.15) is 17.3 Å². The van der Waals surface area contributed by atoms with Crippen molar-refractivity contribution in [1.82, 2.24) is 19.9 Å². The van der Waals surface area contributed by atoms with Crippen LogP contribution in [0.1, 0.15) is 0 Å². The van der Waals surface area contributed by atoms with Crippen LogP contribution in [0.15, 0.2) is 110 Å². The molecule has 6 nitrogen and oxygen atoms in total. The van der Waals surface area contributed by atoms with Crippen molar-refractivity contribution < 1.29 is 9.18 Å². The summed E-state index contributed by atoms with van der Waals surface area (Å²) in [5, 5.41) is 3.69. The number of benzene rings is 3. The van der Waals surface area contributed by atoms with Crippen LogP contribution in [0.5, 0.6) is 0 Å². The predicted octanol–water partition coefficient (Wildman–Crippen LogP) is 7.22. The molecule has 1 amide bonds. The number of anilines is 1. The fraction of sp³-hybridized carbons (Fsp3) is 0. The highest BCUT2D eigenvalue weighted by atomic mass is 19.1. The molecule has 38 heavy (non-hydrogen) atoms. The van der Waals surface area contributed by atoms with Crippen LogP contribution in [0.2, 0.25) is 0 Å². The van der Waals surface area contributed by atoms with E-state index in [4.69, 9.17) is 4.98 Å². The third-order valence-electron chi connectivity index (χ3n) is 6.30. The summed E-state index contributed by atoms with van der Waals surface area (Å²) in [6, 6.07) is 27.7. The van der Waals surface area contributed by atoms with Gasteiger partial charge in [-0.25, -0.2) is 14.4 Å². The molecule has 3 heterocycles. The van der Waals surface area contributed by atoms with Crippen molar-refractivity contribution in [3.8, 4) is 45.2 Å². The highest BCUT2D eigenvalue weighted by molar-refractivity contribution is 6.00. The van der Waals surface area contributed by atoms with Gasteiger partial charge < -0.3 is 15.3 Å². The Bertz CT molecular complexity index is 1790. The van der Waals surface area contributed by atoms with Crippen molar-refractivity contribution in [2.75, 3.05) is 5.32 Å². The predicted molar refractivity (Wildman–Crippen MR) is 149 cm³/mol. The second-order valence-electron chi connectivity index (χ2n) is 8.76. The van der Waals surface area contributed by atoms with Crippen LogP contribution in [-0.2, 0) is 4.79 Å². The normalized spacial score (nSPS) is 11.0. The summed E-state index contributed by atoms with van der Waals surface area (Å²) in [5.41, 5.74) is 7.28. The maximum absolute atomic E-state index is 13.7. The van der Waals surface area contributed by atoms with Gasteiger partial charge >= 0.3 is 0 Å². The molecule has 0 atom stereocenters. The monoisotopic (exact) mass is 499 g/mol. The Balaban J connectivity index is 1.49. The van der Waals surface area contributed by atoms with E-state index >= 15 is 0 Å². The lowest BCUT2D eigenvalue weighted by molar-refractivity contribution is -0.111. The fourth-order valence-corrected chi connectivity index (χ4v) is 4.48. The minimum Gasteiger partial charge on any atom is -0.339 e.